The van der Waals surface area contributed by atoms with Gasteiger partial charge in [0.25, 0.3) is 10.0 Å². The van der Waals surface area contributed by atoms with Crippen LogP contribution in [0.3, 0.4) is 0 Å². The second-order valence-electron chi connectivity index (χ2n) is 4.93. The molecule has 1 aromatic carbocycles. The van der Waals surface area contributed by atoms with E-state index in [0.29, 0.717) is 0 Å². The zero-order chi connectivity index (χ0) is 17.2. The van der Waals surface area contributed by atoms with Crippen molar-refractivity contribution in [3.05, 3.63) is 47.3 Å². The van der Waals surface area contributed by atoms with Crippen LogP contribution in [0.4, 0.5) is 5.69 Å². The number of rotatable bonds is 5. The summed E-state index contributed by atoms with van der Waals surface area (Å²) in [5.74, 6) is -1.39. The maximum atomic E-state index is 12.3. The fourth-order valence-electron chi connectivity index (χ4n) is 2.14. The third-order valence-electron chi connectivity index (χ3n) is 3.29. The highest BCUT2D eigenvalue weighted by Crippen LogP contribution is 2.24. The topological polar surface area (TPSA) is 98.8 Å². The van der Waals surface area contributed by atoms with E-state index in [0.717, 1.165) is 11.3 Å². The van der Waals surface area contributed by atoms with Gasteiger partial charge in [-0.25, -0.2) is 18.0 Å². The Bertz CT molecular complexity index is 860. The lowest BCUT2D eigenvalue weighted by atomic mass is 10.2. The molecular formula is C15H13NO6S2. The summed E-state index contributed by atoms with van der Waals surface area (Å²) in [6, 6.07) is 9.12. The van der Waals surface area contributed by atoms with Crippen molar-refractivity contribution in [3.63, 3.8) is 0 Å². The van der Waals surface area contributed by atoms with Gasteiger partial charge in [0, 0.05) is 6.42 Å². The van der Waals surface area contributed by atoms with Crippen LogP contribution >= 0.6 is 11.3 Å². The number of sulfonamides is 1. The molecule has 1 saturated heterocycles. The Morgan fingerprint density at radius 1 is 1.25 bits per heavy atom. The molecule has 1 fully saturated rings. The summed E-state index contributed by atoms with van der Waals surface area (Å²) in [5, 5.41) is 1.64. The Hall–Kier alpha value is -2.39. The molecule has 9 heteroatoms. The third-order valence-corrected chi connectivity index (χ3v) is 6.05. The molecule has 1 atom stereocenters. The minimum Gasteiger partial charge on any atom is -0.463 e. The number of carbonyl (C=O) groups excluding carboxylic acids is 2. The standard InChI is InChI=1S/C15H13NO6S2/c17-14(22-12-7-8-21-15(12)18)10-4-1-2-5-11(10)16-24(19,20)13-6-3-9-23-13/h1-6,9,12,16H,7-8H2/t12-/m1/s1. The number of thiophene rings is 1. The van der Waals surface area contributed by atoms with Gasteiger partial charge in [-0.1, -0.05) is 18.2 Å². The van der Waals surface area contributed by atoms with Crippen molar-refractivity contribution in [1.82, 2.24) is 0 Å². The molecule has 2 heterocycles. The summed E-state index contributed by atoms with van der Waals surface area (Å²) >= 11 is 1.06. The number of nitrogens with one attached hydrogen (secondary N) is 1. The van der Waals surface area contributed by atoms with E-state index in [4.69, 9.17) is 9.47 Å². The van der Waals surface area contributed by atoms with Gasteiger partial charge in [0.15, 0.2) is 0 Å². The lowest BCUT2D eigenvalue weighted by molar-refractivity contribution is -0.145. The summed E-state index contributed by atoms with van der Waals surface area (Å²) in [6.45, 7) is 0.198. The van der Waals surface area contributed by atoms with Crippen molar-refractivity contribution in [3.8, 4) is 0 Å². The monoisotopic (exact) mass is 367 g/mol. The maximum absolute atomic E-state index is 12.3. The first kappa shape index (κ1) is 16.5. The number of anilines is 1. The van der Waals surface area contributed by atoms with E-state index in [9.17, 15) is 18.0 Å². The molecule has 0 radical (unpaired) electrons. The predicted molar refractivity (Wildman–Crippen MR) is 86.3 cm³/mol. The molecule has 0 amide bonds. The van der Waals surface area contributed by atoms with E-state index >= 15 is 0 Å². The molecule has 1 N–H and O–H groups in total. The van der Waals surface area contributed by atoms with E-state index in [1.165, 1.54) is 18.2 Å². The molecule has 1 aliphatic rings. The zero-order valence-corrected chi connectivity index (χ0v) is 13.9. The molecule has 0 saturated carbocycles. The first-order valence-corrected chi connectivity index (χ1v) is 9.36. The van der Waals surface area contributed by atoms with Gasteiger partial charge in [0.05, 0.1) is 17.9 Å². The Labute approximate surface area is 142 Å². The third kappa shape index (κ3) is 3.41. The number of esters is 2. The van der Waals surface area contributed by atoms with Crippen molar-refractivity contribution in [2.24, 2.45) is 0 Å². The van der Waals surface area contributed by atoms with Crippen molar-refractivity contribution in [2.45, 2.75) is 16.7 Å². The predicted octanol–water partition coefficient (Wildman–Crippen LogP) is 2.02. The molecule has 2 aromatic rings. The molecule has 0 unspecified atom stereocenters. The van der Waals surface area contributed by atoms with Gasteiger partial charge < -0.3 is 9.47 Å². The van der Waals surface area contributed by atoms with Crippen LogP contribution in [-0.2, 0) is 24.3 Å². The molecule has 3 rings (SSSR count). The highest BCUT2D eigenvalue weighted by atomic mass is 32.2. The van der Waals surface area contributed by atoms with Crippen molar-refractivity contribution in [1.29, 1.82) is 0 Å². The molecule has 7 nitrogen and oxygen atoms in total. The summed E-state index contributed by atoms with van der Waals surface area (Å²) in [7, 11) is -3.79. The van der Waals surface area contributed by atoms with Gasteiger partial charge in [0.1, 0.15) is 4.21 Å². The van der Waals surface area contributed by atoms with Crippen LogP contribution < -0.4 is 4.72 Å². The van der Waals surface area contributed by atoms with E-state index in [1.807, 2.05) is 0 Å². The average Bonchev–Trinajstić information content (AvgIpc) is 3.20. The normalized spacial score (nSPS) is 17.3. The highest BCUT2D eigenvalue weighted by molar-refractivity contribution is 7.94. The Morgan fingerprint density at radius 3 is 2.71 bits per heavy atom. The van der Waals surface area contributed by atoms with Gasteiger partial charge in [-0.3, -0.25) is 4.72 Å². The minimum absolute atomic E-state index is 0.0253. The van der Waals surface area contributed by atoms with Crippen LogP contribution in [0.2, 0.25) is 0 Å². The molecular weight excluding hydrogens is 354 g/mol. The van der Waals surface area contributed by atoms with Gasteiger partial charge in [-0.15, -0.1) is 11.3 Å². The number of hydrogen-bond acceptors (Lipinski definition) is 7. The molecule has 1 aliphatic heterocycles. The van der Waals surface area contributed by atoms with Gasteiger partial charge in [-0.2, -0.15) is 0 Å². The fraction of sp³-hybridized carbons (Fsp3) is 0.200. The van der Waals surface area contributed by atoms with Gasteiger partial charge in [-0.05, 0) is 23.6 Å². The lowest BCUT2D eigenvalue weighted by Crippen LogP contribution is -2.23. The van der Waals surface area contributed by atoms with Crippen molar-refractivity contribution < 1.29 is 27.5 Å². The van der Waals surface area contributed by atoms with Crippen LogP contribution in [0.25, 0.3) is 0 Å². The smallest absolute Gasteiger partial charge is 0.347 e. The molecule has 0 spiro atoms. The molecule has 126 valence electrons. The van der Waals surface area contributed by atoms with Crippen molar-refractivity contribution >= 4 is 39.0 Å². The molecule has 0 aliphatic carbocycles. The lowest BCUT2D eigenvalue weighted by Gasteiger charge is -2.13. The summed E-state index contributed by atoms with van der Waals surface area (Å²) in [6.07, 6.45) is -0.673. The molecule has 1 aromatic heterocycles. The SMILES string of the molecule is O=C(O[C@@H]1CCOC1=O)c1ccccc1NS(=O)(=O)c1cccs1. The van der Waals surface area contributed by atoms with Crippen LogP contribution in [0.5, 0.6) is 0 Å². The summed E-state index contributed by atoms with van der Waals surface area (Å²) < 4.78 is 37.0. The zero-order valence-electron chi connectivity index (χ0n) is 12.3. The quantitative estimate of drug-likeness (QED) is 0.812. The van der Waals surface area contributed by atoms with Crippen LogP contribution in [0.15, 0.2) is 46.0 Å². The fourth-order valence-corrected chi connectivity index (χ4v) is 4.21. The summed E-state index contributed by atoms with van der Waals surface area (Å²) in [4.78, 5) is 23.7. The first-order chi connectivity index (χ1) is 11.5. The molecule has 24 heavy (non-hydrogen) atoms. The Kier molecular flexibility index (Phi) is 4.54. The van der Waals surface area contributed by atoms with E-state index in [2.05, 4.69) is 4.72 Å². The second kappa shape index (κ2) is 6.62. The van der Waals surface area contributed by atoms with E-state index in [-0.39, 0.29) is 28.5 Å². The van der Waals surface area contributed by atoms with Crippen molar-refractivity contribution in [2.75, 3.05) is 11.3 Å². The van der Waals surface area contributed by atoms with Gasteiger partial charge in [0.2, 0.25) is 6.10 Å². The average molecular weight is 367 g/mol. The van der Waals surface area contributed by atoms with E-state index in [1.54, 1.807) is 23.6 Å². The van der Waals surface area contributed by atoms with Crippen LogP contribution in [-0.4, -0.2) is 33.1 Å². The number of ether oxygens (including phenoxy) is 2. The minimum atomic E-state index is -3.79. The summed E-state index contributed by atoms with van der Waals surface area (Å²) in [5.41, 5.74) is 0.111. The number of para-hydroxylation sites is 1. The molecule has 0 bridgehead atoms. The van der Waals surface area contributed by atoms with Crippen LogP contribution in [0.1, 0.15) is 16.8 Å². The number of carbonyl (C=O) groups is 2. The number of benzene rings is 1. The largest absolute Gasteiger partial charge is 0.463 e. The first-order valence-electron chi connectivity index (χ1n) is 7.00. The van der Waals surface area contributed by atoms with Crippen LogP contribution in [0, 0.1) is 0 Å². The maximum Gasteiger partial charge on any atom is 0.347 e. The Morgan fingerprint density at radius 2 is 2.04 bits per heavy atom. The van der Waals surface area contributed by atoms with Gasteiger partial charge >= 0.3 is 11.9 Å². The highest BCUT2D eigenvalue weighted by Gasteiger charge is 2.31. The number of hydrogen-bond donors (Lipinski definition) is 1. The number of cyclic esters (lactones) is 1. The van der Waals surface area contributed by atoms with E-state index < -0.39 is 28.1 Å². The second-order valence-corrected chi connectivity index (χ2v) is 7.79. The Balaban J connectivity index is 1.83.